The Morgan fingerprint density at radius 2 is 1.78 bits per heavy atom. The summed E-state index contributed by atoms with van der Waals surface area (Å²) in [5.74, 6) is 0.428. The third-order valence-electron chi connectivity index (χ3n) is 5.33. The van der Waals surface area contributed by atoms with E-state index in [1.165, 1.54) is 32.1 Å². The van der Waals surface area contributed by atoms with Crippen molar-refractivity contribution in [1.82, 2.24) is 10.6 Å². The maximum Gasteiger partial charge on any atom is 0.407 e. The summed E-state index contributed by atoms with van der Waals surface area (Å²) in [5.41, 5.74) is -0.456. The number of amides is 1. The molecular formula is C18H32N2O3. The number of carbonyl (C=O) groups is 1. The first-order valence-corrected chi connectivity index (χ1v) is 9.31. The molecule has 1 saturated heterocycles. The van der Waals surface area contributed by atoms with Gasteiger partial charge in [-0.3, -0.25) is 0 Å². The predicted octanol–water partition coefficient (Wildman–Crippen LogP) is 2.98. The van der Waals surface area contributed by atoms with Crippen molar-refractivity contribution in [2.45, 2.75) is 95.5 Å². The highest BCUT2D eigenvalue weighted by Gasteiger charge is 2.53. The Kier molecular flexibility index (Phi) is 5.16. The summed E-state index contributed by atoms with van der Waals surface area (Å²) in [6.07, 6.45) is 8.63. The molecule has 0 aromatic rings. The summed E-state index contributed by atoms with van der Waals surface area (Å²) >= 11 is 0. The lowest BCUT2D eigenvalue weighted by molar-refractivity contribution is -0.131. The lowest BCUT2D eigenvalue weighted by Gasteiger charge is -2.55. The highest BCUT2D eigenvalue weighted by Crippen LogP contribution is 2.39. The first-order valence-electron chi connectivity index (χ1n) is 9.31. The van der Waals surface area contributed by atoms with Crippen molar-refractivity contribution in [3.05, 3.63) is 0 Å². The summed E-state index contributed by atoms with van der Waals surface area (Å²) in [6.45, 7) is 6.55. The molecule has 3 fully saturated rings. The van der Waals surface area contributed by atoms with Crippen molar-refractivity contribution in [3.63, 3.8) is 0 Å². The van der Waals surface area contributed by atoms with Crippen LogP contribution in [0.2, 0.25) is 0 Å². The van der Waals surface area contributed by atoms with Gasteiger partial charge in [0.2, 0.25) is 0 Å². The zero-order valence-electron chi connectivity index (χ0n) is 14.8. The number of hydrogen-bond acceptors (Lipinski definition) is 4. The molecule has 23 heavy (non-hydrogen) atoms. The summed E-state index contributed by atoms with van der Waals surface area (Å²) in [4.78, 5) is 12.2. The highest BCUT2D eigenvalue weighted by molar-refractivity contribution is 5.68. The molecule has 5 heteroatoms. The second-order valence-corrected chi connectivity index (χ2v) is 8.34. The molecule has 0 aromatic heterocycles. The van der Waals surface area contributed by atoms with Crippen LogP contribution in [0.25, 0.3) is 0 Å². The number of ether oxygens (including phenoxy) is 2. The third-order valence-corrected chi connectivity index (χ3v) is 5.33. The molecule has 0 aromatic carbocycles. The van der Waals surface area contributed by atoms with E-state index in [0.29, 0.717) is 12.0 Å². The molecule has 1 aliphatic heterocycles. The summed E-state index contributed by atoms with van der Waals surface area (Å²) in [7, 11) is 0. The van der Waals surface area contributed by atoms with E-state index in [9.17, 15) is 4.79 Å². The number of alkyl carbamates (subject to hydrolysis) is 1. The first kappa shape index (κ1) is 17.0. The topological polar surface area (TPSA) is 59.6 Å². The van der Waals surface area contributed by atoms with Gasteiger partial charge in [-0.05, 0) is 46.5 Å². The number of hydrogen-bond donors (Lipinski definition) is 2. The van der Waals surface area contributed by atoms with Gasteiger partial charge in [0.15, 0.2) is 0 Å². The SMILES string of the molecule is CC(C)(C)OC(=O)NC1C2CCCOC2C1NC1CCCCC1. The van der Waals surface area contributed by atoms with Crippen molar-refractivity contribution in [1.29, 1.82) is 0 Å². The Bertz CT molecular complexity index is 415. The molecule has 1 heterocycles. The van der Waals surface area contributed by atoms with Crippen LogP contribution in [-0.4, -0.2) is 42.5 Å². The second-order valence-electron chi connectivity index (χ2n) is 8.34. The molecular weight excluding hydrogens is 292 g/mol. The predicted molar refractivity (Wildman–Crippen MR) is 89.4 cm³/mol. The van der Waals surface area contributed by atoms with Crippen LogP contribution >= 0.6 is 0 Å². The van der Waals surface area contributed by atoms with Gasteiger partial charge < -0.3 is 20.1 Å². The molecule has 3 aliphatic rings. The Balaban J connectivity index is 1.59. The van der Waals surface area contributed by atoms with E-state index in [2.05, 4.69) is 10.6 Å². The van der Waals surface area contributed by atoms with Crippen LogP contribution in [0.15, 0.2) is 0 Å². The highest BCUT2D eigenvalue weighted by atomic mass is 16.6. The molecule has 2 N–H and O–H groups in total. The maximum absolute atomic E-state index is 12.2. The summed E-state index contributed by atoms with van der Waals surface area (Å²) < 4.78 is 11.4. The minimum absolute atomic E-state index is 0.136. The van der Waals surface area contributed by atoms with E-state index < -0.39 is 5.60 Å². The fourth-order valence-electron chi connectivity index (χ4n) is 4.29. The maximum atomic E-state index is 12.2. The Morgan fingerprint density at radius 3 is 2.48 bits per heavy atom. The largest absolute Gasteiger partial charge is 0.444 e. The van der Waals surface area contributed by atoms with Crippen LogP contribution in [0, 0.1) is 5.92 Å². The molecule has 0 radical (unpaired) electrons. The van der Waals surface area contributed by atoms with Gasteiger partial charge in [-0.2, -0.15) is 0 Å². The molecule has 4 unspecified atom stereocenters. The van der Waals surface area contributed by atoms with Gasteiger partial charge in [0.1, 0.15) is 5.60 Å². The average molecular weight is 324 g/mol. The van der Waals surface area contributed by atoms with Crippen molar-refractivity contribution in [3.8, 4) is 0 Å². The summed E-state index contributed by atoms with van der Waals surface area (Å²) in [5, 5.41) is 6.89. The van der Waals surface area contributed by atoms with Crippen molar-refractivity contribution in [2.24, 2.45) is 5.92 Å². The van der Waals surface area contributed by atoms with Crippen LogP contribution < -0.4 is 10.6 Å². The van der Waals surface area contributed by atoms with Gasteiger partial charge >= 0.3 is 6.09 Å². The summed E-state index contributed by atoms with van der Waals surface area (Å²) in [6, 6.07) is 0.941. The van der Waals surface area contributed by atoms with Gasteiger partial charge in [-0.25, -0.2) is 4.79 Å². The van der Waals surface area contributed by atoms with Gasteiger partial charge in [0, 0.05) is 18.6 Å². The Hall–Kier alpha value is -0.810. The van der Waals surface area contributed by atoms with Crippen LogP contribution in [0.1, 0.15) is 65.7 Å². The zero-order valence-corrected chi connectivity index (χ0v) is 14.8. The first-order chi connectivity index (χ1) is 10.9. The average Bonchev–Trinajstić information content (AvgIpc) is 2.50. The molecule has 0 bridgehead atoms. The van der Waals surface area contributed by atoms with Gasteiger partial charge in [0.25, 0.3) is 0 Å². The minimum atomic E-state index is -0.456. The van der Waals surface area contributed by atoms with Crippen molar-refractivity contribution >= 4 is 6.09 Å². The van der Waals surface area contributed by atoms with Crippen molar-refractivity contribution < 1.29 is 14.3 Å². The standard InChI is InChI=1S/C18H32N2O3/c1-18(2,3)23-17(21)20-14-13-10-7-11-22-16(13)15(14)19-12-8-5-4-6-9-12/h12-16,19H,4-11H2,1-3H3,(H,20,21). The number of fused-ring (bicyclic) bond motifs is 1. The fraction of sp³-hybridized carbons (Fsp3) is 0.944. The van der Waals surface area contributed by atoms with E-state index >= 15 is 0 Å². The van der Waals surface area contributed by atoms with E-state index in [-0.39, 0.29) is 24.3 Å². The van der Waals surface area contributed by atoms with Crippen LogP contribution in [-0.2, 0) is 9.47 Å². The third kappa shape index (κ3) is 4.18. The molecule has 0 spiro atoms. The molecule has 2 saturated carbocycles. The van der Waals surface area contributed by atoms with Crippen LogP contribution in [0.4, 0.5) is 4.79 Å². The zero-order chi connectivity index (χ0) is 16.4. The van der Waals surface area contributed by atoms with E-state index in [0.717, 1.165) is 19.4 Å². The van der Waals surface area contributed by atoms with Crippen LogP contribution in [0.3, 0.4) is 0 Å². The molecule has 2 aliphatic carbocycles. The number of carbonyl (C=O) groups excluding carboxylic acids is 1. The molecule has 5 nitrogen and oxygen atoms in total. The van der Waals surface area contributed by atoms with Crippen LogP contribution in [0.5, 0.6) is 0 Å². The van der Waals surface area contributed by atoms with Gasteiger partial charge in [0.05, 0.1) is 18.2 Å². The van der Waals surface area contributed by atoms with Gasteiger partial charge in [-0.1, -0.05) is 19.3 Å². The molecule has 1 amide bonds. The fourth-order valence-corrected chi connectivity index (χ4v) is 4.29. The Labute approximate surface area is 139 Å². The Morgan fingerprint density at radius 1 is 1.04 bits per heavy atom. The molecule has 132 valence electrons. The number of rotatable bonds is 3. The molecule has 4 atom stereocenters. The minimum Gasteiger partial charge on any atom is -0.444 e. The second kappa shape index (κ2) is 6.98. The monoisotopic (exact) mass is 324 g/mol. The van der Waals surface area contributed by atoms with E-state index in [1.54, 1.807) is 0 Å². The quantitative estimate of drug-likeness (QED) is 0.838. The van der Waals surface area contributed by atoms with Gasteiger partial charge in [-0.15, -0.1) is 0 Å². The van der Waals surface area contributed by atoms with E-state index in [1.807, 2.05) is 20.8 Å². The normalized spacial score (nSPS) is 35.1. The van der Waals surface area contributed by atoms with E-state index in [4.69, 9.17) is 9.47 Å². The lowest BCUT2D eigenvalue weighted by Crippen LogP contribution is -2.74. The lowest BCUT2D eigenvalue weighted by atomic mass is 9.67. The number of nitrogens with one attached hydrogen (secondary N) is 2. The van der Waals surface area contributed by atoms with Crippen molar-refractivity contribution in [2.75, 3.05) is 6.61 Å². The smallest absolute Gasteiger partial charge is 0.407 e. The molecule has 3 rings (SSSR count).